The van der Waals surface area contributed by atoms with E-state index in [-0.39, 0.29) is 5.97 Å². The van der Waals surface area contributed by atoms with Crippen LogP contribution in [0.1, 0.15) is 6.42 Å². The first kappa shape index (κ1) is 7.06. The van der Waals surface area contributed by atoms with Crippen LogP contribution in [-0.4, -0.2) is 38.0 Å². The number of carbonyl (C=O) groups is 1. The molecule has 1 atom stereocenters. The summed E-state index contributed by atoms with van der Waals surface area (Å²) in [4.78, 5) is 11.2. The molecule has 0 aliphatic carbocycles. The predicted molar refractivity (Wildman–Crippen MR) is 35.1 cm³/mol. The Bertz CT molecular complexity index is 171. The van der Waals surface area contributed by atoms with E-state index < -0.39 is 5.60 Å². The van der Waals surface area contributed by atoms with Crippen molar-refractivity contribution in [2.24, 2.45) is 0 Å². The van der Waals surface area contributed by atoms with Gasteiger partial charge in [0.05, 0.1) is 19.8 Å². The number of hydrogen-bond acceptors (Lipinski definition) is 4. The second-order valence-corrected chi connectivity index (χ2v) is 2.78. The Morgan fingerprint density at radius 3 is 2.82 bits per heavy atom. The van der Waals surface area contributed by atoms with E-state index in [1.807, 2.05) is 0 Å². The molecule has 2 heterocycles. The second kappa shape index (κ2) is 2.46. The lowest BCUT2D eigenvalue weighted by atomic mass is 10.0. The lowest BCUT2D eigenvalue weighted by molar-refractivity contribution is -0.191. The lowest BCUT2D eigenvalue weighted by Gasteiger charge is -2.29. The third-order valence-electron chi connectivity index (χ3n) is 2.05. The summed E-state index contributed by atoms with van der Waals surface area (Å²) in [5.74, 6) is -0.263. The van der Waals surface area contributed by atoms with E-state index in [4.69, 9.17) is 14.2 Å². The van der Waals surface area contributed by atoms with Crippen LogP contribution >= 0.6 is 0 Å². The van der Waals surface area contributed by atoms with Gasteiger partial charge >= 0.3 is 5.97 Å². The summed E-state index contributed by atoms with van der Waals surface area (Å²) < 4.78 is 15.3. The highest BCUT2D eigenvalue weighted by Crippen LogP contribution is 2.26. The Hall–Kier alpha value is -0.610. The van der Waals surface area contributed by atoms with Crippen molar-refractivity contribution in [2.75, 3.05) is 26.4 Å². The summed E-state index contributed by atoms with van der Waals surface area (Å²) in [6, 6.07) is 0. The molecule has 62 valence electrons. The Labute approximate surface area is 64.4 Å². The number of cyclic esters (lactones) is 1. The largest absolute Gasteiger partial charge is 0.461 e. The molecule has 0 N–H and O–H groups in total. The minimum Gasteiger partial charge on any atom is -0.461 e. The molecule has 11 heavy (non-hydrogen) atoms. The Morgan fingerprint density at radius 2 is 2.18 bits per heavy atom. The fourth-order valence-corrected chi connectivity index (χ4v) is 1.38. The highest BCUT2D eigenvalue weighted by Gasteiger charge is 2.47. The standard InChI is InChI=1S/C7H10O4/c8-6-7(1-2-9-5-7)11-4-3-10-6/h1-5H2. The predicted octanol–water partition coefficient (Wildman–Crippen LogP) is -0.281. The van der Waals surface area contributed by atoms with Gasteiger partial charge < -0.3 is 14.2 Å². The first-order valence-corrected chi connectivity index (χ1v) is 3.72. The highest BCUT2D eigenvalue weighted by molar-refractivity contribution is 5.80. The summed E-state index contributed by atoms with van der Waals surface area (Å²) in [6.07, 6.45) is 0.631. The molecule has 0 aromatic rings. The van der Waals surface area contributed by atoms with Gasteiger partial charge in [0, 0.05) is 6.42 Å². The number of esters is 1. The van der Waals surface area contributed by atoms with Crippen molar-refractivity contribution in [3.63, 3.8) is 0 Å². The molecule has 0 amide bonds. The smallest absolute Gasteiger partial charge is 0.341 e. The van der Waals surface area contributed by atoms with E-state index in [1.54, 1.807) is 0 Å². The normalized spacial score (nSPS) is 37.6. The van der Waals surface area contributed by atoms with Crippen molar-refractivity contribution in [2.45, 2.75) is 12.0 Å². The van der Waals surface area contributed by atoms with Crippen LogP contribution in [-0.2, 0) is 19.0 Å². The highest BCUT2D eigenvalue weighted by atomic mass is 16.6. The first-order chi connectivity index (χ1) is 5.33. The fraction of sp³-hybridized carbons (Fsp3) is 0.857. The van der Waals surface area contributed by atoms with E-state index in [0.717, 1.165) is 0 Å². The van der Waals surface area contributed by atoms with Crippen LogP contribution in [0.2, 0.25) is 0 Å². The van der Waals surface area contributed by atoms with Crippen LogP contribution in [0.4, 0.5) is 0 Å². The fourth-order valence-electron chi connectivity index (χ4n) is 1.38. The summed E-state index contributed by atoms with van der Waals surface area (Å²) in [6.45, 7) is 1.82. The van der Waals surface area contributed by atoms with E-state index in [0.29, 0.717) is 32.8 Å². The molecular formula is C7H10O4. The van der Waals surface area contributed by atoms with Crippen LogP contribution < -0.4 is 0 Å². The summed E-state index contributed by atoms with van der Waals surface area (Å²) in [5, 5.41) is 0. The van der Waals surface area contributed by atoms with Gasteiger partial charge in [0.15, 0.2) is 5.60 Å². The number of hydrogen-bond donors (Lipinski definition) is 0. The molecule has 1 spiro atoms. The molecule has 0 saturated carbocycles. The molecule has 4 nitrogen and oxygen atoms in total. The third kappa shape index (κ3) is 1.02. The molecule has 2 rings (SSSR count). The van der Waals surface area contributed by atoms with Crippen molar-refractivity contribution in [3.05, 3.63) is 0 Å². The molecule has 2 saturated heterocycles. The molecule has 1 unspecified atom stereocenters. The minimum absolute atomic E-state index is 0.263. The van der Waals surface area contributed by atoms with Gasteiger partial charge in [-0.25, -0.2) is 4.79 Å². The summed E-state index contributed by atoms with van der Waals surface area (Å²) >= 11 is 0. The molecule has 0 radical (unpaired) electrons. The molecule has 0 bridgehead atoms. The molecular weight excluding hydrogens is 148 g/mol. The average Bonchev–Trinajstić information content (AvgIpc) is 2.46. The van der Waals surface area contributed by atoms with Gasteiger partial charge in [0.1, 0.15) is 6.61 Å². The van der Waals surface area contributed by atoms with Crippen molar-refractivity contribution < 1.29 is 19.0 Å². The molecule has 2 aliphatic rings. The summed E-state index contributed by atoms with van der Waals surface area (Å²) in [5.41, 5.74) is -0.752. The molecule has 2 fully saturated rings. The zero-order valence-corrected chi connectivity index (χ0v) is 6.17. The Kier molecular flexibility index (Phi) is 1.58. The Morgan fingerprint density at radius 1 is 1.27 bits per heavy atom. The maximum absolute atomic E-state index is 11.2. The van der Waals surface area contributed by atoms with E-state index in [2.05, 4.69) is 0 Å². The molecule has 2 aliphatic heterocycles. The maximum atomic E-state index is 11.2. The van der Waals surface area contributed by atoms with E-state index in [1.165, 1.54) is 0 Å². The van der Waals surface area contributed by atoms with Crippen molar-refractivity contribution in [1.82, 2.24) is 0 Å². The van der Waals surface area contributed by atoms with Crippen LogP contribution in [0.25, 0.3) is 0 Å². The minimum atomic E-state index is -0.752. The van der Waals surface area contributed by atoms with Crippen LogP contribution in [0.5, 0.6) is 0 Å². The maximum Gasteiger partial charge on any atom is 0.341 e. The SMILES string of the molecule is O=C1OCCOC12CCOC2. The zero-order chi connectivity index (χ0) is 7.73. The van der Waals surface area contributed by atoms with Gasteiger partial charge in [0.2, 0.25) is 0 Å². The number of ether oxygens (including phenoxy) is 3. The van der Waals surface area contributed by atoms with Gasteiger partial charge in [-0.15, -0.1) is 0 Å². The molecule has 0 aromatic heterocycles. The summed E-state index contributed by atoms with van der Waals surface area (Å²) in [7, 11) is 0. The van der Waals surface area contributed by atoms with Gasteiger partial charge in [-0.3, -0.25) is 0 Å². The molecule has 4 heteroatoms. The Balaban J connectivity index is 2.13. The number of rotatable bonds is 0. The van der Waals surface area contributed by atoms with Gasteiger partial charge in [-0.1, -0.05) is 0 Å². The van der Waals surface area contributed by atoms with Gasteiger partial charge in [-0.2, -0.15) is 0 Å². The third-order valence-corrected chi connectivity index (χ3v) is 2.05. The van der Waals surface area contributed by atoms with Crippen LogP contribution in [0.15, 0.2) is 0 Å². The van der Waals surface area contributed by atoms with E-state index in [9.17, 15) is 4.79 Å². The van der Waals surface area contributed by atoms with Gasteiger partial charge in [-0.05, 0) is 0 Å². The monoisotopic (exact) mass is 158 g/mol. The van der Waals surface area contributed by atoms with Crippen molar-refractivity contribution >= 4 is 5.97 Å². The van der Waals surface area contributed by atoms with E-state index >= 15 is 0 Å². The zero-order valence-electron chi connectivity index (χ0n) is 6.17. The lowest BCUT2D eigenvalue weighted by Crippen LogP contribution is -2.48. The van der Waals surface area contributed by atoms with Crippen molar-refractivity contribution in [1.29, 1.82) is 0 Å². The second-order valence-electron chi connectivity index (χ2n) is 2.78. The topological polar surface area (TPSA) is 44.8 Å². The first-order valence-electron chi connectivity index (χ1n) is 3.72. The molecule has 0 aromatic carbocycles. The average molecular weight is 158 g/mol. The van der Waals surface area contributed by atoms with Crippen LogP contribution in [0, 0.1) is 0 Å². The van der Waals surface area contributed by atoms with Crippen LogP contribution in [0.3, 0.4) is 0 Å². The van der Waals surface area contributed by atoms with Crippen molar-refractivity contribution in [3.8, 4) is 0 Å². The quantitative estimate of drug-likeness (QED) is 0.455. The van der Waals surface area contributed by atoms with Gasteiger partial charge in [0.25, 0.3) is 0 Å². The number of carbonyl (C=O) groups excluding carboxylic acids is 1.